The molecule has 0 aliphatic carbocycles. The highest BCUT2D eigenvalue weighted by molar-refractivity contribution is 5.85. The molecule has 0 radical (unpaired) electrons. The predicted molar refractivity (Wildman–Crippen MR) is 90.1 cm³/mol. The van der Waals surface area contributed by atoms with E-state index in [1.807, 2.05) is 18.2 Å². The van der Waals surface area contributed by atoms with Crippen molar-refractivity contribution in [1.82, 2.24) is 5.32 Å². The third kappa shape index (κ3) is 10.2. The summed E-state index contributed by atoms with van der Waals surface area (Å²) in [5, 5.41) is 3.40. The second kappa shape index (κ2) is 13.8. The molecule has 0 fully saturated rings. The largest absolute Gasteiger partial charge is 0.481 e. The molecule has 0 spiro atoms. The van der Waals surface area contributed by atoms with Gasteiger partial charge >= 0.3 is 0 Å². The van der Waals surface area contributed by atoms with E-state index >= 15 is 0 Å². The normalized spacial score (nSPS) is 9.71. The predicted octanol–water partition coefficient (Wildman–Crippen LogP) is 3.42. The van der Waals surface area contributed by atoms with E-state index in [0.29, 0.717) is 6.61 Å². The van der Waals surface area contributed by atoms with Crippen LogP contribution in [0.4, 0.5) is 0 Å². The number of ether oxygens (including phenoxy) is 2. The Bertz CT molecular complexity index is 404. The molecule has 0 aliphatic rings. The minimum absolute atomic E-state index is 0. The zero-order chi connectivity index (χ0) is 14.5. The smallest absolute Gasteiger partial charge is 0.148 e. The Hall–Kier alpha value is -1.21. The Morgan fingerprint density at radius 2 is 2.05 bits per heavy atom. The van der Waals surface area contributed by atoms with Crippen LogP contribution in [-0.4, -0.2) is 26.4 Å². The molecule has 0 aliphatic heterocycles. The first-order chi connectivity index (χ1) is 9.86. The van der Waals surface area contributed by atoms with E-state index in [2.05, 4.69) is 24.2 Å². The lowest BCUT2D eigenvalue weighted by Gasteiger charge is -2.08. The first-order valence-corrected chi connectivity index (χ1v) is 7.30. The minimum atomic E-state index is 0. The summed E-state index contributed by atoms with van der Waals surface area (Å²) in [5.74, 6) is 3.29. The molecule has 118 valence electrons. The van der Waals surface area contributed by atoms with Crippen LogP contribution in [0, 0.1) is 12.3 Å². The topological polar surface area (TPSA) is 30.5 Å². The molecule has 0 saturated heterocycles. The van der Waals surface area contributed by atoms with Crippen LogP contribution in [0.2, 0.25) is 0 Å². The number of terminal acetylenes is 1. The van der Waals surface area contributed by atoms with Gasteiger partial charge in [-0.25, -0.2) is 0 Å². The van der Waals surface area contributed by atoms with Crippen LogP contribution < -0.4 is 10.1 Å². The van der Waals surface area contributed by atoms with Gasteiger partial charge in [0.15, 0.2) is 0 Å². The standard InChI is InChI=1S/C17H25NO2.ClH/c1-3-5-12-19-13-7-10-18-15-16-8-6-9-17(14-16)20-11-4-2;/h2,6,8-9,14,18H,3,5,7,10-13,15H2,1H3;1H. The van der Waals surface area contributed by atoms with Gasteiger partial charge in [-0.05, 0) is 37.1 Å². The third-order valence-electron chi connectivity index (χ3n) is 2.83. The number of halogens is 1. The molecule has 0 saturated carbocycles. The Balaban J connectivity index is 0.00000400. The summed E-state index contributed by atoms with van der Waals surface area (Å²) in [5.41, 5.74) is 1.20. The maximum absolute atomic E-state index is 5.51. The fraction of sp³-hybridized carbons (Fsp3) is 0.529. The van der Waals surface area contributed by atoms with Crippen LogP contribution in [0.1, 0.15) is 31.7 Å². The first-order valence-electron chi connectivity index (χ1n) is 7.30. The highest BCUT2D eigenvalue weighted by atomic mass is 35.5. The lowest BCUT2D eigenvalue weighted by Crippen LogP contribution is -2.16. The third-order valence-corrected chi connectivity index (χ3v) is 2.83. The van der Waals surface area contributed by atoms with Crippen molar-refractivity contribution in [2.24, 2.45) is 0 Å². The van der Waals surface area contributed by atoms with Crippen molar-refractivity contribution in [2.75, 3.05) is 26.4 Å². The molecule has 0 amide bonds. The van der Waals surface area contributed by atoms with Gasteiger partial charge in [-0.2, -0.15) is 0 Å². The molecule has 4 heteroatoms. The number of rotatable bonds is 11. The highest BCUT2D eigenvalue weighted by Gasteiger charge is 1.96. The molecular weight excluding hydrogens is 286 g/mol. The minimum Gasteiger partial charge on any atom is -0.481 e. The molecule has 0 heterocycles. The van der Waals surface area contributed by atoms with Crippen LogP contribution in [-0.2, 0) is 11.3 Å². The lowest BCUT2D eigenvalue weighted by atomic mass is 10.2. The summed E-state index contributed by atoms with van der Waals surface area (Å²) < 4.78 is 10.9. The van der Waals surface area contributed by atoms with Crippen LogP contribution >= 0.6 is 12.4 Å². The molecule has 1 rings (SSSR count). The van der Waals surface area contributed by atoms with Crippen LogP contribution in [0.5, 0.6) is 5.75 Å². The van der Waals surface area contributed by atoms with Gasteiger partial charge in [0.1, 0.15) is 12.4 Å². The lowest BCUT2D eigenvalue weighted by molar-refractivity contribution is 0.129. The molecule has 0 bridgehead atoms. The molecular formula is C17H26ClNO2. The van der Waals surface area contributed by atoms with E-state index in [9.17, 15) is 0 Å². The van der Waals surface area contributed by atoms with Gasteiger partial charge in [-0.1, -0.05) is 31.4 Å². The Kier molecular flexibility index (Phi) is 13.0. The zero-order valence-electron chi connectivity index (χ0n) is 12.8. The molecule has 0 aromatic heterocycles. The molecule has 0 atom stereocenters. The average molecular weight is 312 g/mol. The summed E-state index contributed by atoms with van der Waals surface area (Å²) >= 11 is 0. The van der Waals surface area contributed by atoms with Crippen molar-refractivity contribution in [1.29, 1.82) is 0 Å². The van der Waals surface area contributed by atoms with Crippen molar-refractivity contribution in [3.8, 4) is 18.1 Å². The van der Waals surface area contributed by atoms with Gasteiger partial charge in [0, 0.05) is 19.8 Å². The zero-order valence-corrected chi connectivity index (χ0v) is 13.6. The number of hydrogen-bond donors (Lipinski definition) is 1. The van der Waals surface area contributed by atoms with E-state index in [1.54, 1.807) is 0 Å². The maximum Gasteiger partial charge on any atom is 0.148 e. The Labute approximate surface area is 134 Å². The van der Waals surface area contributed by atoms with E-state index in [0.717, 1.165) is 44.9 Å². The van der Waals surface area contributed by atoms with Gasteiger partial charge < -0.3 is 14.8 Å². The fourth-order valence-electron chi connectivity index (χ4n) is 1.75. The summed E-state index contributed by atoms with van der Waals surface area (Å²) in [6.07, 6.45) is 8.55. The van der Waals surface area contributed by atoms with Gasteiger partial charge in [-0.3, -0.25) is 0 Å². The van der Waals surface area contributed by atoms with Crippen LogP contribution in [0.3, 0.4) is 0 Å². The second-order valence-corrected chi connectivity index (χ2v) is 4.64. The molecule has 1 aromatic rings. The van der Waals surface area contributed by atoms with Gasteiger partial charge in [0.2, 0.25) is 0 Å². The van der Waals surface area contributed by atoms with Gasteiger partial charge in [-0.15, -0.1) is 18.8 Å². The summed E-state index contributed by atoms with van der Waals surface area (Å²) in [6, 6.07) is 7.99. The van der Waals surface area contributed by atoms with E-state index < -0.39 is 0 Å². The van der Waals surface area contributed by atoms with Crippen LogP contribution in [0.15, 0.2) is 24.3 Å². The maximum atomic E-state index is 5.51. The van der Waals surface area contributed by atoms with Gasteiger partial charge in [0.05, 0.1) is 0 Å². The monoisotopic (exact) mass is 311 g/mol. The second-order valence-electron chi connectivity index (χ2n) is 4.64. The van der Waals surface area contributed by atoms with Crippen molar-refractivity contribution < 1.29 is 9.47 Å². The van der Waals surface area contributed by atoms with E-state index in [1.165, 1.54) is 12.0 Å². The molecule has 3 nitrogen and oxygen atoms in total. The van der Waals surface area contributed by atoms with E-state index in [4.69, 9.17) is 15.9 Å². The number of hydrogen-bond acceptors (Lipinski definition) is 3. The summed E-state index contributed by atoms with van der Waals surface area (Å²) in [7, 11) is 0. The van der Waals surface area contributed by atoms with Gasteiger partial charge in [0.25, 0.3) is 0 Å². The number of benzene rings is 1. The van der Waals surface area contributed by atoms with Crippen molar-refractivity contribution in [3.63, 3.8) is 0 Å². The summed E-state index contributed by atoms with van der Waals surface area (Å²) in [4.78, 5) is 0. The first kappa shape index (κ1) is 19.8. The average Bonchev–Trinajstić information content (AvgIpc) is 2.48. The van der Waals surface area contributed by atoms with Crippen molar-refractivity contribution >= 4 is 12.4 Å². The number of unbranched alkanes of at least 4 members (excludes halogenated alkanes) is 1. The highest BCUT2D eigenvalue weighted by Crippen LogP contribution is 2.12. The number of nitrogens with one attached hydrogen (secondary N) is 1. The molecule has 1 N–H and O–H groups in total. The SMILES string of the molecule is C#CCOc1cccc(CNCCCOCCCC)c1.Cl. The van der Waals surface area contributed by atoms with Crippen LogP contribution in [0.25, 0.3) is 0 Å². The molecule has 21 heavy (non-hydrogen) atoms. The van der Waals surface area contributed by atoms with E-state index in [-0.39, 0.29) is 12.4 Å². The van der Waals surface area contributed by atoms with Crippen molar-refractivity contribution in [3.05, 3.63) is 29.8 Å². The fourth-order valence-corrected chi connectivity index (χ4v) is 1.75. The molecule has 0 unspecified atom stereocenters. The Morgan fingerprint density at radius 1 is 1.24 bits per heavy atom. The van der Waals surface area contributed by atoms with Crippen molar-refractivity contribution in [2.45, 2.75) is 32.7 Å². The molecule has 1 aromatic carbocycles. The quantitative estimate of drug-likeness (QED) is 0.502. The Morgan fingerprint density at radius 3 is 2.81 bits per heavy atom. The summed E-state index contributed by atoms with van der Waals surface area (Å²) in [6.45, 7) is 5.99.